The van der Waals surface area contributed by atoms with Gasteiger partial charge < -0.3 is 4.90 Å². The molecule has 15 rings (SSSR count). The molecule has 0 heterocycles. The van der Waals surface area contributed by atoms with E-state index in [9.17, 15) is 0 Å². The molecule has 9 aromatic carbocycles. The van der Waals surface area contributed by atoms with Gasteiger partial charge in [-0.25, -0.2) is 0 Å². The summed E-state index contributed by atoms with van der Waals surface area (Å²) in [4.78, 5) is 2.61. The van der Waals surface area contributed by atoms with Crippen LogP contribution in [0.1, 0.15) is 68.2 Å². The monoisotopic (exact) mass is 821 g/mol. The van der Waals surface area contributed by atoms with Crippen molar-refractivity contribution < 1.29 is 0 Å². The van der Waals surface area contributed by atoms with E-state index in [0.717, 1.165) is 11.8 Å². The molecule has 4 saturated carbocycles. The van der Waals surface area contributed by atoms with Gasteiger partial charge in [0, 0.05) is 27.8 Å². The van der Waals surface area contributed by atoms with Crippen molar-refractivity contribution >= 4 is 38.6 Å². The van der Waals surface area contributed by atoms with Crippen LogP contribution in [0.3, 0.4) is 0 Å². The quantitative estimate of drug-likeness (QED) is 0.156. The number of hydrogen-bond donors (Lipinski definition) is 0. The summed E-state index contributed by atoms with van der Waals surface area (Å²) in [5.74, 6) is 3.19. The minimum atomic E-state index is -0.120. The molecule has 1 nitrogen and oxygen atoms in total. The Morgan fingerprint density at radius 2 is 0.984 bits per heavy atom. The van der Waals surface area contributed by atoms with E-state index < -0.39 is 0 Å². The Labute approximate surface area is 377 Å². The molecule has 308 valence electrons. The van der Waals surface area contributed by atoms with Crippen molar-refractivity contribution in [3.05, 3.63) is 210 Å². The molecule has 4 bridgehead atoms. The molecule has 0 saturated heterocycles. The maximum Gasteiger partial charge on any atom is 0.0540 e. The molecule has 64 heavy (non-hydrogen) atoms. The van der Waals surface area contributed by atoms with Crippen molar-refractivity contribution in [2.75, 3.05) is 4.90 Å². The number of benzene rings is 9. The van der Waals surface area contributed by atoms with Crippen molar-refractivity contribution in [3.8, 4) is 44.5 Å². The van der Waals surface area contributed by atoms with E-state index in [2.05, 4.69) is 207 Å². The number of para-hydroxylation sites is 1. The molecule has 0 atom stereocenters. The van der Waals surface area contributed by atoms with Gasteiger partial charge in [0.25, 0.3) is 0 Å². The molecule has 1 heteroatoms. The first-order valence-corrected chi connectivity index (χ1v) is 23.8. The lowest BCUT2D eigenvalue weighted by Crippen LogP contribution is -2.55. The average molecular weight is 822 g/mol. The van der Waals surface area contributed by atoms with Gasteiger partial charge in [0.2, 0.25) is 0 Å². The first-order chi connectivity index (χ1) is 31.5. The fourth-order valence-corrected chi connectivity index (χ4v) is 14.8. The lowest BCUT2D eigenvalue weighted by Gasteiger charge is -2.61. The Bertz CT molecular complexity index is 3370. The van der Waals surface area contributed by atoms with Crippen LogP contribution in [0.15, 0.2) is 188 Å². The molecule has 0 amide bonds. The Morgan fingerprint density at radius 3 is 1.81 bits per heavy atom. The number of hydrogen-bond acceptors (Lipinski definition) is 1. The van der Waals surface area contributed by atoms with E-state index in [4.69, 9.17) is 0 Å². The Kier molecular flexibility index (Phi) is 7.70. The van der Waals surface area contributed by atoms with Crippen LogP contribution in [-0.4, -0.2) is 0 Å². The van der Waals surface area contributed by atoms with E-state index >= 15 is 0 Å². The summed E-state index contributed by atoms with van der Waals surface area (Å²) >= 11 is 0. The molecule has 4 fully saturated rings. The Morgan fingerprint density at radius 1 is 0.391 bits per heavy atom. The zero-order valence-electron chi connectivity index (χ0n) is 36.7. The van der Waals surface area contributed by atoms with E-state index in [1.165, 1.54) is 126 Å². The minimum Gasteiger partial charge on any atom is -0.310 e. The van der Waals surface area contributed by atoms with E-state index in [1.807, 2.05) is 0 Å². The topological polar surface area (TPSA) is 3.24 Å². The summed E-state index contributed by atoms with van der Waals surface area (Å²) in [6.45, 7) is 4.81. The standard InChI is InChI=1S/C63H51N/c1-62(2)57-25-8-5-19-53(57)56-24-12-21-48(61(56)62)42-15-11-16-45(37-42)64(60-27-10-7-20-55(60)50-23-13-22-49-47-17-4-3-14-41(47)28-30-51(49)50)46-29-31-54-52-18-6-9-26-58(52)63(59(54)38-46)43-33-39-32-40(35-43)36-44(63)34-39/h3-31,37-40,43-44H,32-36H2,1-2H3. The van der Waals surface area contributed by atoms with E-state index in [-0.39, 0.29) is 10.8 Å². The third kappa shape index (κ3) is 4.96. The highest BCUT2D eigenvalue weighted by Crippen LogP contribution is 2.69. The van der Waals surface area contributed by atoms with Gasteiger partial charge in [0.1, 0.15) is 0 Å². The zero-order valence-corrected chi connectivity index (χ0v) is 36.7. The number of rotatable bonds is 5. The molecule has 0 radical (unpaired) electrons. The summed E-state index contributed by atoms with van der Waals surface area (Å²) in [6, 6.07) is 72.0. The minimum absolute atomic E-state index is 0.0737. The van der Waals surface area contributed by atoms with Gasteiger partial charge >= 0.3 is 0 Å². The van der Waals surface area contributed by atoms with Crippen molar-refractivity contribution in [2.24, 2.45) is 23.7 Å². The second-order valence-corrected chi connectivity index (χ2v) is 20.4. The third-order valence-corrected chi connectivity index (χ3v) is 17.0. The summed E-state index contributed by atoms with van der Waals surface area (Å²) in [6.07, 6.45) is 6.94. The lowest BCUT2D eigenvalue weighted by molar-refractivity contribution is -0.0399. The van der Waals surface area contributed by atoms with Gasteiger partial charge in [-0.1, -0.05) is 172 Å². The Hall–Kier alpha value is -6.70. The Balaban J connectivity index is 1.00. The largest absolute Gasteiger partial charge is 0.310 e. The van der Waals surface area contributed by atoms with Gasteiger partial charge in [-0.05, 0) is 169 Å². The third-order valence-electron chi connectivity index (χ3n) is 17.0. The van der Waals surface area contributed by atoms with Crippen molar-refractivity contribution in [1.29, 1.82) is 0 Å². The molecule has 0 unspecified atom stereocenters. The van der Waals surface area contributed by atoms with Crippen LogP contribution < -0.4 is 4.90 Å². The van der Waals surface area contributed by atoms with E-state index in [1.54, 1.807) is 11.1 Å². The normalized spacial score (nSPS) is 22.7. The van der Waals surface area contributed by atoms with Gasteiger partial charge in [-0.2, -0.15) is 0 Å². The average Bonchev–Trinajstić information content (AvgIpc) is 3.76. The molecule has 9 aromatic rings. The molecule has 0 aliphatic heterocycles. The van der Waals surface area contributed by atoms with Crippen molar-refractivity contribution in [1.82, 2.24) is 0 Å². The molecular formula is C63H51N. The number of fused-ring (bicyclic) bond motifs is 9. The van der Waals surface area contributed by atoms with Gasteiger partial charge in [0.05, 0.1) is 5.69 Å². The van der Waals surface area contributed by atoms with Gasteiger partial charge in [-0.15, -0.1) is 0 Å². The highest BCUT2D eigenvalue weighted by molar-refractivity contribution is 6.13. The van der Waals surface area contributed by atoms with Crippen LogP contribution >= 0.6 is 0 Å². The summed E-state index contributed by atoms with van der Waals surface area (Å²) in [5.41, 5.74) is 20.3. The highest BCUT2D eigenvalue weighted by Gasteiger charge is 2.61. The predicted octanol–water partition coefficient (Wildman–Crippen LogP) is 16.8. The predicted molar refractivity (Wildman–Crippen MR) is 268 cm³/mol. The second-order valence-electron chi connectivity index (χ2n) is 20.4. The van der Waals surface area contributed by atoms with Crippen molar-refractivity contribution in [2.45, 2.75) is 56.8 Å². The number of nitrogens with zero attached hydrogens (tertiary/aromatic N) is 1. The van der Waals surface area contributed by atoms with Crippen LogP contribution in [0.4, 0.5) is 17.1 Å². The summed E-state index contributed by atoms with van der Waals surface area (Å²) in [7, 11) is 0. The molecule has 1 spiro atoms. The van der Waals surface area contributed by atoms with Crippen LogP contribution in [0.5, 0.6) is 0 Å². The molecular weight excluding hydrogens is 771 g/mol. The SMILES string of the molecule is CC1(C)c2ccccc2-c2cccc(-c3cccc(N(c4ccc5c(c4)C4(c6ccccc6-5)C5CC6CC(C5)CC4C6)c4ccccc4-c4cccc5c4ccc4ccccc45)c3)c21. The zero-order chi connectivity index (χ0) is 42.3. The fourth-order valence-electron chi connectivity index (χ4n) is 14.8. The van der Waals surface area contributed by atoms with Crippen molar-refractivity contribution in [3.63, 3.8) is 0 Å². The van der Waals surface area contributed by atoms with Crippen LogP contribution in [0.25, 0.3) is 66.1 Å². The lowest BCUT2D eigenvalue weighted by atomic mass is 9.43. The second kappa shape index (κ2) is 13.4. The van der Waals surface area contributed by atoms with Crippen LogP contribution in [0, 0.1) is 23.7 Å². The first kappa shape index (κ1) is 36.8. The van der Waals surface area contributed by atoms with Gasteiger partial charge in [0.15, 0.2) is 0 Å². The molecule has 6 aliphatic rings. The van der Waals surface area contributed by atoms with Gasteiger partial charge in [-0.3, -0.25) is 0 Å². The summed E-state index contributed by atoms with van der Waals surface area (Å²) < 4.78 is 0. The maximum absolute atomic E-state index is 2.66. The molecule has 0 aromatic heterocycles. The van der Waals surface area contributed by atoms with Crippen LogP contribution in [-0.2, 0) is 10.8 Å². The summed E-state index contributed by atoms with van der Waals surface area (Å²) in [5, 5.41) is 5.14. The van der Waals surface area contributed by atoms with Crippen LogP contribution in [0.2, 0.25) is 0 Å². The molecule has 0 N–H and O–H groups in total. The molecule has 6 aliphatic carbocycles. The fraction of sp³-hybridized carbons (Fsp3) is 0.206. The van der Waals surface area contributed by atoms with E-state index in [0.29, 0.717) is 11.8 Å². The highest BCUT2D eigenvalue weighted by atomic mass is 15.1. The first-order valence-electron chi connectivity index (χ1n) is 23.8. The number of anilines is 3. The maximum atomic E-state index is 2.66. The smallest absolute Gasteiger partial charge is 0.0540 e.